The molecule has 1 aliphatic rings. The molecule has 0 aliphatic heterocycles. The summed E-state index contributed by atoms with van der Waals surface area (Å²) in [4.78, 5) is 17.2. The minimum atomic E-state index is -1.15. The fraction of sp³-hybridized carbons (Fsp3) is 0.500. The van der Waals surface area contributed by atoms with Gasteiger partial charge >= 0.3 is 0 Å². The summed E-state index contributed by atoms with van der Waals surface area (Å²) in [7, 11) is 1.86. The molecular formula is C32H40N5O2-. The maximum absolute atomic E-state index is 12.5. The molecule has 1 aliphatic carbocycles. The predicted octanol–water partition coefficient (Wildman–Crippen LogP) is 5.25. The number of carbonyl (C=O) groups excluding carboxylic acids is 1. The molecule has 1 fully saturated rings. The van der Waals surface area contributed by atoms with Gasteiger partial charge in [-0.2, -0.15) is 0 Å². The normalized spacial score (nSPS) is 15.9. The number of imidazole rings is 1. The molecule has 1 saturated carbocycles. The Labute approximate surface area is 231 Å². The average molecular weight is 527 g/mol. The monoisotopic (exact) mass is 526 g/mol. The minimum absolute atomic E-state index is 0.415. The first-order valence-corrected chi connectivity index (χ1v) is 14.3. The zero-order valence-corrected chi connectivity index (χ0v) is 23.9. The maximum atomic E-state index is 12.5. The van der Waals surface area contributed by atoms with Crippen LogP contribution in [0.3, 0.4) is 0 Å². The van der Waals surface area contributed by atoms with E-state index in [0.717, 1.165) is 40.0 Å². The van der Waals surface area contributed by atoms with Crippen molar-refractivity contribution in [2.45, 2.75) is 85.1 Å². The summed E-state index contributed by atoms with van der Waals surface area (Å²) in [6, 6.07) is 10.4. The Morgan fingerprint density at radius 1 is 1.10 bits per heavy atom. The molecular weight excluding hydrogens is 486 g/mol. The van der Waals surface area contributed by atoms with Crippen molar-refractivity contribution in [3.63, 3.8) is 0 Å². The van der Waals surface area contributed by atoms with Gasteiger partial charge in [0.1, 0.15) is 11.3 Å². The van der Waals surface area contributed by atoms with Gasteiger partial charge in [-0.3, -0.25) is 0 Å². The standard InChI is InChI=1S/C32H41N5O2/c1-21-12-13-24(19-25(21)20-37-17-16-33-28(37)18-23-10-8-6-7-9-11-23)29(32(3,4)31(38)39)26-14-15-27-30(22(26)2)34-35-36(27)5/h12-17,19,23,29H,6-11,18,20H2,1-5H3,(H,38,39)/p-1/t29-/m1/s1. The number of rotatable bonds is 8. The number of benzene rings is 2. The molecule has 7 nitrogen and oxygen atoms in total. The van der Waals surface area contributed by atoms with E-state index in [9.17, 15) is 9.90 Å². The molecule has 7 heteroatoms. The van der Waals surface area contributed by atoms with E-state index in [-0.39, 0.29) is 0 Å². The van der Waals surface area contributed by atoms with Crippen molar-refractivity contribution in [3.05, 3.63) is 76.4 Å². The summed E-state index contributed by atoms with van der Waals surface area (Å²) in [5, 5.41) is 21.0. The molecule has 0 bridgehead atoms. The van der Waals surface area contributed by atoms with Crippen molar-refractivity contribution in [2.75, 3.05) is 0 Å². The quantitative estimate of drug-likeness (QED) is 0.293. The van der Waals surface area contributed by atoms with Gasteiger partial charge in [0.05, 0.1) is 5.52 Å². The van der Waals surface area contributed by atoms with Crippen molar-refractivity contribution in [2.24, 2.45) is 18.4 Å². The lowest BCUT2D eigenvalue weighted by molar-refractivity contribution is -0.318. The Morgan fingerprint density at radius 3 is 2.56 bits per heavy atom. The lowest BCUT2D eigenvalue weighted by Gasteiger charge is -2.37. The fourth-order valence-corrected chi connectivity index (χ4v) is 6.39. The molecule has 0 unspecified atom stereocenters. The minimum Gasteiger partial charge on any atom is -0.550 e. The number of aliphatic carboxylic acids is 1. The summed E-state index contributed by atoms with van der Waals surface area (Å²) in [6.45, 7) is 8.35. The van der Waals surface area contributed by atoms with Crippen molar-refractivity contribution in [3.8, 4) is 0 Å². The third kappa shape index (κ3) is 5.36. The first-order chi connectivity index (χ1) is 18.7. The molecule has 4 aromatic rings. The van der Waals surface area contributed by atoms with Crippen LogP contribution < -0.4 is 5.11 Å². The second-order valence-corrected chi connectivity index (χ2v) is 12.0. The van der Waals surface area contributed by atoms with Gasteiger partial charge < -0.3 is 14.5 Å². The Balaban J connectivity index is 1.52. The first kappa shape index (κ1) is 27.1. The van der Waals surface area contributed by atoms with Crippen LogP contribution in [0.5, 0.6) is 0 Å². The molecule has 2 heterocycles. The fourth-order valence-electron chi connectivity index (χ4n) is 6.39. The molecule has 0 N–H and O–H groups in total. The van der Waals surface area contributed by atoms with Gasteiger partial charge in [-0.05, 0) is 53.6 Å². The molecule has 0 saturated heterocycles. The zero-order chi connectivity index (χ0) is 27.7. The van der Waals surface area contributed by atoms with Gasteiger partial charge in [-0.25, -0.2) is 9.67 Å². The van der Waals surface area contributed by atoms with E-state index < -0.39 is 17.3 Å². The largest absolute Gasteiger partial charge is 0.550 e. The highest BCUT2D eigenvalue weighted by Crippen LogP contribution is 2.43. The number of carbonyl (C=O) groups is 1. The summed E-state index contributed by atoms with van der Waals surface area (Å²) >= 11 is 0. The highest BCUT2D eigenvalue weighted by atomic mass is 16.4. The lowest BCUT2D eigenvalue weighted by Crippen LogP contribution is -2.42. The Bertz CT molecular complexity index is 1470. The second kappa shape index (κ2) is 10.9. The number of carboxylic acids is 1. The molecule has 0 spiro atoms. The van der Waals surface area contributed by atoms with Gasteiger partial charge in [0.2, 0.25) is 0 Å². The average Bonchev–Trinajstić information content (AvgIpc) is 3.40. The smallest absolute Gasteiger partial charge is 0.116 e. The number of carboxylic acid groups (broad SMARTS) is 1. The number of hydrogen-bond donors (Lipinski definition) is 0. The Kier molecular flexibility index (Phi) is 7.61. The summed E-state index contributed by atoms with van der Waals surface area (Å²) < 4.78 is 4.01. The van der Waals surface area contributed by atoms with Crippen LogP contribution in [-0.4, -0.2) is 30.5 Å². The van der Waals surface area contributed by atoms with Gasteiger partial charge in [0.25, 0.3) is 0 Å². The van der Waals surface area contributed by atoms with Crippen molar-refractivity contribution < 1.29 is 9.90 Å². The number of fused-ring (bicyclic) bond motifs is 1. The van der Waals surface area contributed by atoms with Gasteiger partial charge in [-0.1, -0.05) is 81.9 Å². The van der Waals surface area contributed by atoms with Crippen LogP contribution in [0, 0.1) is 25.2 Å². The summed E-state index contributed by atoms with van der Waals surface area (Å²) in [5.74, 6) is 0.352. The van der Waals surface area contributed by atoms with Crippen LogP contribution in [0.15, 0.2) is 42.7 Å². The molecule has 1 atom stereocenters. The van der Waals surface area contributed by atoms with Gasteiger partial charge in [-0.15, -0.1) is 5.10 Å². The van der Waals surface area contributed by atoms with E-state index in [1.165, 1.54) is 49.7 Å². The number of aromatic nitrogens is 5. The molecule has 5 rings (SSSR count). The topological polar surface area (TPSA) is 88.7 Å². The highest BCUT2D eigenvalue weighted by Gasteiger charge is 2.35. The first-order valence-electron chi connectivity index (χ1n) is 14.3. The second-order valence-electron chi connectivity index (χ2n) is 12.0. The van der Waals surface area contributed by atoms with E-state index in [0.29, 0.717) is 12.5 Å². The van der Waals surface area contributed by atoms with Crippen LogP contribution in [0.2, 0.25) is 0 Å². The predicted molar refractivity (Wildman–Crippen MR) is 151 cm³/mol. The number of nitrogens with zero attached hydrogens (tertiary/aromatic N) is 5. The Morgan fingerprint density at radius 2 is 1.85 bits per heavy atom. The van der Waals surface area contributed by atoms with E-state index in [4.69, 9.17) is 4.98 Å². The zero-order valence-electron chi connectivity index (χ0n) is 23.9. The van der Waals surface area contributed by atoms with Gasteiger partial charge in [0, 0.05) is 49.7 Å². The third-order valence-electron chi connectivity index (χ3n) is 8.93. The summed E-state index contributed by atoms with van der Waals surface area (Å²) in [5.41, 5.74) is 5.76. The van der Waals surface area contributed by atoms with Crippen LogP contribution in [0.4, 0.5) is 0 Å². The molecule has 2 aromatic heterocycles. The van der Waals surface area contributed by atoms with Crippen molar-refractivity contribution >= 4 is 17.0 Å². The van der Waals surface area contributed by atoms with Crippen LogP contribution >= 0.6 is 0 Å². The molecule has 0 radical (unpaired) electrons. The van der Waals surface area contributed by atoms with E-state index in [2.05, 4.69) is 46.2 Å². The maximum Gasteiger partial charge on any atom is 0.116 e. The van der Waals surface area contributed by atoms with Crippen LogP contribution in [0.1, 0.15) is 91.9 Å². The summed E-state index contributed by atoms with van der Waals surface area (Å²) in [6.07, 6.45) is 12.9. The highest BCUT2D eigenvalue weighted by molar-refractivity contribution is 5.81. The van der Waals surface area contributed by atoms with E-state index >= 15 is 0 Å². The molecule has 206 valence electrons. The molecule has 2 aromatic carbocycles. The molecule has 39 heavy (non-hydrogen) atoms. The Hall–Kier alpha value is -3.48. The number of hydrogen-bond acceptors (Lipinski definition) is 5. The lowest BCUT2D eigenvalue weighted by atomic mass is 9.69. The number of aryl methyl sites for hydroxylation is 3. The van der Waals surface area contributed by atoms with E-state index in [1.807, 2.05) is 32.3 Å². The van der Waals surface area contributed by atoms with Crippen molar-refractivity contribution in [1.82, 2.24) is 24.5 Å². The van der Waals surface area contributed by atoms with Gasteiger partial charge in [0.15, 0.2) is 0 Å². The van der Waals surface area contributed by atoms with Crippen LogP contribution in [0.25, 0.3) is 11.0 Å². The SMILES string of the molecule is Cc1ccc([C@H](c2ccc3c(nnn3C)c2C)C(C)(C)C(=O)[O-])cc1Cn1ccnc1CC1CCCCCC1. The molecule has 0 amide bonds. The van der Waals surface area contributed by atoms with Crippen molar-refractivity contribution in [1.29, 1.82) is 0 Å². The van der Waals surface area contributed by atoms with E-state index in [1.54, 1.807) is 18.5 Å². The third-order valence-corrected chi connectivity index (χ3v) is 8.93. The van der Waals surface area contributed by atoms with Crippen LogP contribution in [-0.2, 0) is 24.8 Å².